The standard InChI is InChI=1S/C30H40N4O5S2/c1-7-33(8-2)22-14-15-24(20(3)16-22)34-25-18-41(37,38)19-26(25)40-28(34)32-27(35)23(17-21-12-10-9-11-13-21)31-29(36)39-30(4,5)6/h9-16,23,25-26H,7-8,17-19H2,1-6H3,(H,31,36)/t23-,25+,26-/m1/s1. The molecule has 2 aliphatic heterocycles. The lowest BCUT2D eigenvalue weighted by Crippen LogP contribution is -2.45. The molecule has 222 valence electrons. The van der Waals surface area contributed by atoms with E-state index in [-0.39, 0.29) is 29.2 Å². The highest BCUT2D eigenvalue weighted by Crippen LogP contribution is 2.42. The van der Waals surface area contributed by atoms with Crippen molar-refractivity contribution in [1.82, 2.24) is 5.32 Å². The van der Waals surface area contributed by atoms with Crippen LogP contribution in [0, 0.1) is 6.92 Å². The average molecular weight is 601 g/mol. The number of thioether (sulfide) groups is 1. The van der Waals surface area contributed by atoms with Gasteiger partial charge in [-0.15, -0.1) is 0 Å². The molecule has 2 amide bonds. The van der Waals surface area contributed by atoms with Gasteiger partial charge in [0.05, 0.1) is 17.5 Å². The quantitative estimate of drug-likeness (QED) is 0.469. The molecule has 1 N–H and O–H groups in total. The molecular weight excluding hydrogens is 560 g/mol. The Bertz CT molecular complexity index is 1400. The Morgan fingerprint density at radius 2 is 1.80 bits per heavy atom. The summed E-state index contributed by atoms with van der Waals surface area (Å²) in [4.78, 5) is 35.1. The molecule has 0 saturated carbocycles. The summed E-state index contributed by atoms with van der Waals surface area (Å²) in [7, 11) is -3.22. The Morgan fingerprint density at radius 3 is 2.41 bits per heavy atom. The lowest BCUT2D eigenvalue weighted by Gasteiger charge is -2.28. The van der Waals surface area contributed by atoms with Crippen molar-refractivity contribution in [1.29, 1.82) is 0 Å². The van der Waals surface area contributed by atoms with Gasteiger partial charge in [0.1, 0.15) is 11.6 Å². The molecule has 0 unspecified atom stereocenters. The van der Waals surface area contributed by atoms with Crippen LogP contribution in [-0.4, -0.2) is 73.1 Å². The van der Waals surface area contributed by atoms with Crippen molar-refractivity contribution in [3.63, 3.8) is 0 Å². The fourth-order valence-electron chi connectivity index (χ4n) is 5.21. The van der Waals surface area contributed by atoms with Crippen molar-refractivity contribution in [3.8, 4) is 0 Å². The number of amides is 2. The van der Waals surface area contributed by atoms with Crippen molar-refractivity contribution >= 4 is 50.1 Å². The zero-order chi connectivity index (χ0) is 29.9. The minimum atomic E-state index is -3.22. The van der Waals surface area contributed by atoms with Crippen molar-refractivity contribution in [2.24, 2.45) is 4.99 Å². The number of carbonyl (C=O) groups is 2. The molecule has 2 heterocycles. The van der Waals surface area contributed by atoms with Crippen molar-refractivity contribution in [3.05, 3.63) is 59.7 Å². The number of alkyl carbamates (subject to hydrolysis) is 1. The summed E-state index contributed by atoms with van der Waals surface area (Å²) in [6, 6.07) is 14.2. The van der Waals surface area contributed by atoms with Gasteiger partial charge in [-0.05, 0) is 70.9 Å². The molecule has 0 aromatic heterocycles. The number of hydrogen-bond acceptors (Lipinski definition) is 7. The lowest BCUT2D eigenvalue weighted by atomic mass is 10.1. The van der Waals surface area contributed by atoms with E-state index in [1.165, 1.54) is 11.8 Å². The third kappa shape index (κ3) is 7.62. The van der Waals surface area contributed by atoms with E-state index in [1.54, 1.807) is 20.8 Å². The van der Waals surface area contributed by atoms with Gasteiger partial charge >= 0.3 is 6.09 Å². The molecule has 2 aromatic rings. The number of benzene rings is 2. The highest BCUT2D eigenvalue weighted by molar-refractivity contribution is 8.16. The lowest BCUT2D eigenvalue weighted by molar-refractivity contribution is -0.119. The highest BCUT2D eigenvalue weighted by Gasteiger charge is 2.50. The topological polar surface area (TPSA) is 108 Å². The first kappa shape index (κ1) is 30.9. The average Bonchev–Trinajstić information content (AvgIpc) is 3.34. The number of carbonyl (C=O) groups excluding carboxylic acids is 2. The summed E-state index contributed by atoms with van der Waals surface area (Å²) in [6.07, 6.45) is -0.465. The van der Waals surface area contributed by atoms with E-state index in [0.29, 0.717) is 5.17 Å². The molecular formula is C30H40N4O5S2. The van der Waals surface area contributed by atoms with Crippen LogP contribution in [0.4, 0.5) is 16.2 Å². The molecule has 9 nitrogen and oxygen atoms in total. The number of hydrogen-bond donors (Lipinski definition) is 1. The molecule has 3 atom stereocenters. The van der Waals surface area contributed by atoms with E-state index < -0.39 is 33.5 Å². The fraction of sp³-hybridized carbons (Fsp3) is 0.500. The van der Waals surface area contributed by atoms with Crippen LogP contribution in [0.25, 0.3) is 0 Å². The van der Waals surface area contributed by atoms with Crippen LogP contribution < -0.4 is 15.1 Å². The number of aliphatic imine (C=N–C) groups is 1. The highest BCUT2D eigenvalue weighted by atomic mass is 32.2. The van der Waals surface area contributed by atoms with Gasteiger partial charge in [0.2, 0.25) is 0 Å². The second-order valence-corrected chi connectivity index (χ2v) is 14.8. The van der Waals surface area contributed by atoms with Crippen molar-refractivity contribution in [2.45, 2.75) is 70.9 Å². The maximum absolute atomic E-state index is 13.7. The molecule has 0 spiro atoms. The predicted octanol–water partition coefficient (Wildman–Crippen LogP) is 4.58. The van der Waals surface area contributed by atoms with Gasteiger partial charge in [0.15, 0.2) is 15.0 Å². The van der Waals surface area contributed by atoms with Crippen LogP contribution in [0.1, 0.15) is 45.7 Å². The van der Waals surface area contributed by atoms with Gasteiger partial charge in [-0.1, -0.05) is 42.1 Å². The van der Waals surface area contributed by atoms with Crippen LogP contribution in [0.5, 0.6) is 0 Å². The number of nitrogens with zero attached hydrogens (tertiary/aromatic N) is 3. The Balaban J connectivity index is 1.69. The number of anilines is 2. The number of nitrogens with one attached hydrogen (secondary N) is 1. The van der Waals surface area contributed by atoms with E-state index in [1.807, 2.05) is 54.3 Å². The third-order valence-corrected chi connectivity index (χ3v) is 10.3. The predicted molar refractivity (Wildman–Crippen MR) is 167 cm³/mol. The number of aryl methyl sites for hydroxylation is 1. The maximum Gasteiger partial charge on any atom is 0.408 e. The van der Waals surface area contributed by atoms with Crippen LogP contribution in [-0.2, 0) is 25.8 Å². The molecule has 11 heteroatoms. The zero-order valence-corrected chi connectivity index (χ0v) is 26.2. The van der Waals surface area contributed by atoms with Gasteiger partial charge in [0, 0.05) is 36.1 Å². The molecule has 4 rings (SSSR count). The Labute approximate surface area is 247 Å². The normalized spacial score (nSPS) is 21.4. The van der Waals surface area contributed by atoms with E-state index in [2.05, 4.69) is 35.1 Å². The minimum Gasteiger partial charge on any atom is -0.444 e. The van der Waals surface area contributed by atoms with Gasteiger partial charge in [0.25, 0.3) is 5.91 Å². The smallest absolute Gasteiger partial charge is 0.408 e. The Morgan fingerprint density at radius 1 is 1.12 bits per heavy atom. The monoisotopic (exact) mass is 600 g/mol. The Hall–Kier alpha value is -3.05. The Kier molecular flexibility index (Phi) is 9.38. The summed E-state index contributed by atoms with van der Waals surface area (Å²) in [6.45, 7) is 13.2. The molecule has 2 aliphatic rings. The van der Waals surface area contributed by atoms with Gasteiger partial charge in [-0.2, -0.15) is 4.99 Å². The van der Waals surface area contributed by atoms with Crippen LogP contribution in [0.15, 0.2) is 53.5 Å². The summed E-state index contributed by atoms with van der Waals surface area (Å²) < 4.78 is 30.6. The van der Waals surface area contributed by atoms with E-state index >= 15 is 0 Å². The van der Waals surface area contributed by atoms with E-state index in [0.717, 1.165) is 35.6 Å². The molecule has 0 radical (unpaired) electrons. The van der Waals surface area contributed by atoms with Crippen LogP contribution in [0.3, 0.4) is 0 Å². The first-order chi connectivity index (χ1) is 19.3. The number of amidine groups is 1. The summed E-state index contributed by atoms with van der Waals surface area (Å²) in [5.74, 6) is -0.488. The molecule has 41 heavy (non-hydrogen) atoms. The maximum atomic E-state index is 13.7. The number of fused-ring (bicyclic) bond motifs is 1. The number of sulfone groups is 1. The second-order valence-electron chi connectivity index (χ2n) is 11.4. The van der Waals surface area contributed by atoms with E-state index in [9.17, 15) is 18.0 Å². The minimum absolute atomic E-state index is 0.00127. The summed E-state index contributed by atoms with van der Waals surface area (Å²) in [5, 5.41) is 2.92. The fourth-order valence-corrected chi connectivity index (χ4v) is 9.13. The molecule has 2 fully saturated rings. The van der Waals surface area contributed by atoms with Crippen molar-refractivity contribution < 1.29 is 22.7 Å². The van der Waals surface area contributed by atoms with E-state index in [4.69, 9.17) is 4.74 Å². The molecule has 0 bridgehead atoms. The first-order valence-electron chi connectivity index (χ1n) is 14.0. The summed E-state index contributed by atoms with van der Waals surface area (Å²) in [5.41, 5.74) is 3.00. The first-order valence-corrected chi connectivity index (χ1v) is 16.7. The van der Waals surface area contributed by atoms with Crippen molar-refractivity contribution in [2.75, 3.05) is 34.4 Å². The zero-order valence-electron chi connectivity index (χ0n) is 24.6. The van der Waals surface area contributed by atoms with Gasteiger partial charge in [-0.3, -0.25) is 4.79 Å². The number of ether oxygens (including phenoxy) is 1. The molecule has 2 aromatic carbocycles. The van der Waals surface area contributed by atoms with Gasteiger partial charge in [-0.25, -0.2) is 13.2 Å². The van der Waals surface area contributed by atoms with Crippen LogP contribution in [0.2, 0.25) is 0 Å². The SMILES string of the molecule is CCN(CC)c1ccc(N2C(=NC(=O)[C@@H](Cc3ccccc3)NC(=O)OC(C)(C)C)S[C@@H]3CS(=O)(=O)C[C@@H]32)c(C)c1. The number of rotatable bonds is 8. The third-order valence-electron chi connectivity index (χ3n) is 7.11. The molecule has 0 aliphatic carbocycles. The second kappa shape index (κ2) is 12.4. The summed E-state index contributed by atoms with van der Waals surface area (Å²) >= 11 is 1.32. The van der Waals surface area contributed by atoms with Gasteiger partial charge < -0.3 is 19.9 Å². The molecule has 2 saturated heterocycles. The largest absolute Gasteiger partial charge is 0.444 e. The van der Waals surface area contributed by atoms with Crippen LogP contribution >= 0.6 is 11.8 Å².